The number of tetrazole rings is 1. The number of carbonyl (C=O) groups is 1. The van der Waals surface area contributed by atoms with Gasteiger partial charge in [-0.25, -0.2) is 9.48 Å². The van der Waals surface area contributed by atoms with Crippen LogP contribution in [0.1, 0.15) is 39.6 Å². The molecular weight excluding hydrogens is 284 g/mol. The van der Waals surface area contributed by atoms with Gasteiger partial charge < -0.3 is 9.64 Å². The molecular formula is C14H26N6O2. The second kappa shape index (κ2) is 7.53. The molecule has 1 amide bonds. The van der Waals surface area contributed by atoms with Gasteiger partial charge in [0.05, 0.1) is 19.2 Å². The van der Waals surface area contributed by atoms with E-state index in [1.807, 2.05) is 18.5 Å². The smallest absolute Gasteiger partial charge is 0.409 e. The molecule has 0 radical (unpaired) electrons. The van der Waals surface area contributed by atoms with Crippen molar-refractivity contribution in [3.63, 3.8) is 0 Å². The van der Waals surface area contributed by atoms with Crippen LogP contribution >= 0.6 is 0 Å². The first kappa shape index (κ1) is 16.7. The average molecular weight is 310 g/mol. The molecule has 8 nitrogen and oxygen atoms in total. The van der Waals surface area contributed by atoms with Crippen LogP contribution in [0, 0.1) is 5.92 Å². The van der Waals surface area contributed by atoms with Crippen molar-refractivity contribution in [3.8, 4) is 0 Å². The molecule has 0 atom stereocenters. The Hall–Kier alpha value is -1.70. The van der Waals surface area contributed by atoms with Gasteiger partial charge in [-0.15, -0.1) is 5.10 Å². The van der Waals surface area contributed by atoms with Crippen LogP contribution < -0.4 is 0 Å². The maximum Gasteiger partial charge on any atom is 0.409 e. The number of ether oxygens (including phenoxy) is 1. The summed E-state index contributed by atoms with van der Waals surface area (Å²) in [6.45, 7) is 12.3. The van der Waals surface area contributed by atoms with E-state index in [4.69, 9.17) is 4.74 Å². The van der Waals surface area contributed by atoms with Gasteiger partial charge in [-0.05, 0) is 30.2 Å². The second-order valence-corrected chi connectivity index (χ2v) is 6.37. The minimum absolute atomic E-state index is 0.208. The highest BCUT2D eigenvalue weighted by atomic mass is 16.6. The van der Waals surface area contributed by atoms with Gasteiger partial charge in [0, 0.05) is 26.2 Å². The maximum atomic E-state index is 11.9. The molecule has 2 heterocycles. The maximum absolute atomic E-state index is 11.9. The molecule has 2 rings (SSSR count). The summed E-state index contributed by atoms with van der Waals surface area (Å²) in [4.78, 5) is 15.9. The van der Waals surface area contributed by atoms with Gasteiger partial charge in [-0.1, -0.05) is 13.8 Å². The Balaban J connectivity index is 1.80. The number of rotatable bonds is 5. The van der Waals surface area contributed by atoms with E-state index in [-0.39, 0.29) is 12.1 Å². The lowest BCUT2D eigenvalue weighted by Crippen LogP contribution is -2.48. The molecule has 0 saturated carbocycles. The summed E-state index contributed by atoms with van der Waals surface area (Å²) in [7, 11) is 0. The second-order valence-electron chi connectivity index (χ2n) is 6.37. The third-order valence-electron chi connectivity index (χ3n) is 3.59. The van der Waals surface area contributed by atoms with Crippen molar-refractivity contribution in [1.82, 2.24) is 30.0 Å². The van der Waals surface area contributed by atoms with Crippen LogP contribution in [0.5, 0.6) is 0 Å². The third-order valence-corrected chi connectivity index (χ3v) is 3.59. The first-order valence-corrected chi connectivity index (χ1v) is 7.88. The fraction of sp³-hybridized carbons (Fsp3) is 0.857. The monoisotopic (exact) mass is 310 g/mol. The van der Waals surface area contributed by atoms with Crippen molar-refractivity contribution >= 4 is 6.09 Å². The first-order chi connectivity index (χ1) is 10.5. The Kier molecular flexibility index (Phi) is 5.70. The predicted octanol–water partition coefficient (Wildman–Crippen LogP) is 1.16. The summed E-state index contributed by atoms with van der Waals surface area (Å²) >= 11 is 0. The molecule has 0 N–H and O–H groups in total. The fourth-order valence-corrected chi connectivity index (χ4v) is 2.34. The van der Waals surface area contributed by atoms with Crippen LogP contribution in [0.15, 0.2) is 0 Å². The van der Waals surface area contributed by atoms with E-state index >= 15 is 0 Å². The summed E-state index contributed by atoms with van der Waals surface area (Å²) in [5.74, 6) is 1.23. The lowest BCUT2D eigenvalue weighted by molar-refractivity contribution is 0.0666. The molecule has 8 heteroatoms. The van der Waals surface area contributed by atoms with Crippen molar-refractivity contribution in [2.24, 2.45) is 5.92 Å². The van der Waals surface area contributed by atoms with E-state index in [2.05, 4.69) is 34.3 Å². The first-order valence-electron chi connectivity index (χ1n) is 7.88. The summed E-state index contributed by atoms with van der Waals surface area (Å²) in [6, 6.07) is 0.248. The van der Waals surface area contributed by atoms with E-state index in [0.717, 1.165) is 18.9 Å². The molecule has 0 bridgehead atoms. The zero-order valence-corrected chi connectivity index (χ0v) is 13.9. The quantitative estimate of drug-likeness (QED) is 0.812. The van der Waals surface area contributed by atoms with E-state index in [9.17, 15) is 4.79 Å². The Morgan fingerprint density at radius 3 is 2.45 bits per heavy atom. The topological polar surface area (TPSA) is 76.4 Å². The van der Waals surface area contributed by atoms with Gasteiger partial charge in [0.2, 0.25) is 0 Å². The lowest BCUT2D eigenvalue weighted by Gasteiger charge is -2.33. The predicted molar refractivity (Wildman–Crippen MR) is 81.2 cm³/mol. The molecule has 1 aromatic rings. The largest absolute Gasteiger partial charge is 0.449 e. The molecule has 0 aliphatic carbocycles. The molecule has 1 aromatic heterocycles. The van der Waals surface area contributed by atoms with E-state index in [0.29, 0.717) is 32.2 Å². The van der Waals surface area contributed by atoms with Crippen LogP contribution in [-0.2, 0) is 11.3 Å². The molecule has 1 aliphatic rings. The van der Waals surface area contributed by atoms with Crippen LogP contribution in [0.25, 0.3) is 0 Å². The fourth-order valence-electron chi connectivity index (χ4n) is 2.34. The number of nitrogens with zero attached hydrogens (tertiary/aromatic N) is 6. The normalized spacial score (nSPS) is 16.5. The van der Waals surface area contributed by atoms with E-state index in [1.165, 1.54) is 0 Å². The number of aromatic nitrogens is 4. The van der Waals surface area contributed by atoms with Gasteiger partial charge >= 0.3 is 6.09 Å². The number of hydrogen-bond donors (Lipinski definition) is 0. The minimum Gasteiger partial charge on any atom is -0.449 e. The Morgan fingerprint density at radius 2 is 1.86 bits per heavy atom. The van der Waals surface area contributed by atoms with E-state index < -0.39 is 0 Å². The number of amides is 1. The van der Waals surface area contributed by atoms with Crippen molar-refractivity contribution in [1.29, 1.82) is 0 Å². The molecule has 0 aromatic carbocycles. The van der Waals surface area contributed by atoms with Gasteiger partial charge in [-0.2, -0.15) is 0 Å². The molecule has 22 heavy (non-hydrogen) atoms. The lowest BCUT2D eigenvalue weighted by atomic mass is 10.2. The standard InChI is InChI=1S/C14H26N6O2/c1-11(2)10-22-14(21)19-7-5-18(6-8-19)9-13-15-16-17-20(13)12(3)4/h11-12H,5-10H2,1-4H3. The van der Waals surface area contributed by atoms with Gasteiger partial charge in [0.15, 0.2) is 5.82 Å². The number of piperazine rings is 1. The highest BCUT2D eigenvalue weighted by Gasteiger charge is 2.23. The van der Waals surface area contributed by atoms with Crippen LogP contribution in [-0.4, -0.2) is 68.9 Å². The van der Waals surface area contributed by atoms with Crippen LogP contribution in [0.2, 0.25) is 0 Å². The Bertz CT molecular complexity index is 479. The zero-order valence-electron chi connectivity index (χ0n) is 13.9. The molecule has 1 saturated heterocycles. The Labute approximate surface area is 131 Å². The van der Waals surface area contributed by atoms with Crippen molar-refractivity contribution < 1.29 is 9.53 Å². The van der Waals surface area contributed by atoms with Crippen LogP contribution in [0.4, 0.5) is 4.79 Å². The molecule has 1 aliphatic heterocycles. The van der Waals surface area contributed by atoms with Crippen molar-refractivity contribution in [3.05, 3.63) is 5.82 Å². The minimum atomic E-state index is -0.208. The zero-order chi connectivity index (χ0) is 16.1. The summed E-state index contributed by atoms with van der Waals surface area (Å²) in [5.41, 5.74) is 0. The van der Waals surface area contributed by atoms with Gasteiger partial charge in [0.1, 0.15) is 0 Å². The molecule has 1 fully saturated rings. The molecule has 0 unspecified atom stereocenters. The average Bonchev–Trinajstić information content (AvgIpc) is 2.94. The molecule has 124 valence electrons. The summed E-state index contributed by atoms with van der Waals surface area (Å²) in [5, 5.41) is 11.8. The van der Waals surface area contributed by atoms with Crippen molar-refractivity contribution in [2.45, 2.75) is 40.3 Å². The highest BCUT2D eigenvalue weighted by molar-refractivity contribution is 5.67. The van der Waals surface area contributed by atoms with Gasteiger partial charge in [0.25, 0.3) is 0 Å². The third kappa shape index (κ3) is 4.40. The van der Waals surface area contributed by atoms with E-state index in [1.54, 1.807) is 4.90 Å². The van der Waals surface area contributed by atoms with Gasteiger partial charge in [-0.3, -0.25) is 4.90 Å². The summed E-state index contributed by atoms with van der Waals surface area (Å²) in [6.07, 6.45) is -0.208. The van der Waals surface area contributed by atoms with Crippen molar-refractivity contribution in [2.75, 3.05) is 32.8 Å². The molecule has 0 spiro atoms. The number of carbonyl (C=O) groups excluding carboxylic acids is 1. The SMILES string of the molecule is CC(C)COC(=O)N1CCN(Cc2nnnn2C(C)C)CC1. The Morgan fingerprint density at radius 1 is 1.18 bits per heavy atom. The highest BCUT2D eigenvalue weighted by Crippen LogP contribution is 2.10. The summed E-state index contributed by atoms with van der Waals surface area (Å²) < 4.78 is 7.10. The number of hydrogen-bond acceptors (Lipinski definition) is 6. The van der Waals surface area contributed by atoms with Crippen LogP contribution in [0.3, 0.4) is 0 Å².